The molecule has 0 radical (unpaired) electrons. The molecule has 1 atom stereocenters. The average molecular weight is 367 g/mol. The van der Waals surface area contributed by atoms with Gasteiger partial charge >= 0.3 is 0 Å². The van der Waals surface area contributed by atoms with Crippen LogP contribution in [0, 0.1) is 5.82 Å². The van der Waals surface area contributed by atoms with E-state index in [1.54, 1.807) is 0 Å². The highest BCUT2D eigenvalue weighted by Gasteiger charge is 2.30. The molecular weight excluding hydrogens is 350 g/mol. The monoisotopic (exact) mass is 367 g/mol. The molecule has 4 nitrogen and oxygen atoms in total. The summed E-state index contributed by atoms with van der Waals surface area (Å²) in [5.74, 6) is -1.05. The van der Waals surface area contributed by atoms with Crippen molar-refractivity contribution in [2.45, 2.75) is 31.9 Å². The first-order valence-corrected chi connectivity index (χ1v) is 8.18. The zero-order chi connectivity index (χ0) is 18.7. The predicted molar refractivity (Wildman–Crippen MR) is 87.3 cm³/mol. The second-order valence-corrected chi connectivity index (χ2v) is 6.08. The molecule has 0 spiro atoms. The quantitative estimate of drug-likeness (QED) is 0.646. The van der Waals surface area contributed by atoms with Crippen molar-refractivity contribution in [1.82, 2.24) is 15.4 Å². The van der Waals surface area contributed by atoms with Crippen LogP contribution in [0.25, 0.3) is 11.1 Å². The van der Waals surface area contributed by atoms with E-state index in [4.69, 9.17) is 0 Å². The number of rotatable bonds is 5. The van der Waals surface area contributed by atoms with Crippen LogP contribution < -0.4 is 5.32 Å². The highest BCUT2D eigenvalue weighted by molar-refractivity contribution is 5.81. The fourth-order valence-corrected chi connectivity index (χ4v) is 2.89. The third-order valence-corrected chi connectivity index (χ3v) is 4.32. The minimum absolute atomic E-state index is 0.0194. The van der Waals surface area contributed by atoms with Crippen LogP contribution in [0.4, 0.5) is 17.7 Å². The summed E-state index contributed by atoms with van der Waals surface area (Å²) < 4.78 is 52.7. The van der Waals surface area contributed by atoms with Crippen molar-refractivity contribution in [2.75, 3.05) is 6.54 Å². The van der Waals surface area contributed by atoms with Gasteiger partial charge < -0.3 is 5.32 Å². The van der Waals surface area contributed by atoms with Gasteiger partial charge in [-0.25, -0.2) is 13.2 Å². The van der Waals surface area contributed by atoms with Gasteiger partial charge in [0.2, 0.25) is 5.91 Å². The van der Waals surface area contributed by atoms with Crippen LogP contribution in [0.5, 0.6) is 0 Å². The summed E-state index contributed by atoms with van der Waals surface area (Å²) in [6, 6.07) is 5.91. The van der Waals surface area contributed by atoms with Crippen molar-refractivity contribution in [3.63, 3.8) is 0 Å². The van der Waals surface area contributed by atoms with Gasteiger partial charge in [0, 0.05) is 17.7 Å². The number of benzene rings is 1. The van der Waals surface area contributed by atoms with Crippen molar-refractivity contribution < 1.29 is 22.4 Å². The van der Waals surface area contributed by atoms with E-state index in [-0.39, 0.29) is 24.2 Å². The van der Waals surface area contributed by atoms with Crippen LogP contribution in [0.2, 0.25) is 0 Å². The van der Waals surface area contributed by atoms with Gasteiger partial charge in [0.1, 0.15) is 11.9 Å². The van der Waals surface area contributed by atoms with Crippen LogP contribution in [0.15, 0.2) is 36.5 Å². The number of carbonyl (C=O) groups is 1. The molecule has 0 saturated carbocycles. The molecule has 1 fully saturated rings. The van der Waals surface area contributed by atoms with Crippen LogP contribution in [0.3, 0.4) is 0 Å². The SMILES string of the molecule is O=C(NCc1cc(-c2ccc(C(F)F)cc2)c(F)cn1)[C@H]1CCCN1F. The Balaban J connectivity index is 1.72. The highest BCUT2D eigenvalue weighted by Crippen LogP contribution is 2.26. The zero-order valence-electron chi connectivity index (χ0n) is 13.8. The number of carbonyl (C=O) groups excluding carboxylic acids is 1. The molecule has 0 unspecified atom stereocenters. The standard InChI is InChI=1S/C18H17F4N3O/c19-15-10-23-13(9-24-18(26)16-2-1-7-25(16)22)8-14(15)11-3-5-12(6-4-11)17(20)21/h3-6,8,10,16-17H,1-2,7,9H2,(H,24,26)/t16-/m1/s1. The van der Waals surface area contributed by atoms with Crippen LogP contribution >= 0.6 is 0 Å². The first-order chi connectivity index (χ1) is 12.5. The Kier molecular flexibility index (Phi) is 5.51. The van der Waals surface area contributed by atoms with E-state index in [1.807, 2.05) is 0 Å². The van der Waals surface area contributed by atoms with Gasteiger partial charge in [0.05, 0.1) is 18.4 Å². The Morgan fingerprint density at radius 1 is 1.31 bits per heavy atom. The van der Waals surface area contributed by atoms with E-state index in [0.29, 0.717) is 29.2 Å². The van der Waals surface area contributed by atoms with Gasteiger partial charge in [-0.15, -0.1) is 9.60 Å². The summed E-state index contributed by atoms with van der Waals surface area (Å²) in [4.78, 5) is 15.9. The number of halogens is 4. The molecular formula is C18H17F4N3O. The Morgan fingerprint density at radius 3 is 2.65 bits per heavy atom. The zero-order valence-corrected chi connectivity index (χ0v) is 13.8. The average Bonchev–Trinajstić information content (AvgIpc) is 3.07. The molecule has 1 N–H and O–H groups in total. The number of amides is 1. The fraction of sp³-hybridized carbons (Fsp3) is 0.333. The normalized spacial score (nSPS) is 17.7. The summed E-state index contributed by atoms with van der Waals surface area (Å²) in [5, 5.41) is 3.09. The minimum Gasteiger partial charge on any atom is -0.349 e. The fourth-order valence-electron chi connectivity index (χ4n) is 2.89. The third-order valence-electron chi connectivity index (χ3n) is 4.32. The lowest BCUT2D eigenvalue weighted by molar-refractivity contribution is -0.131. The number of alkyl halides is 2. The molecule has 1 amide bonds. The molecule has 138 valence electrons. The summed E-state index contributed by atoms with van der Waals surface area (Å²) in [5.41, 5.74) is 0.852. The molecule has 1 saturated heterocycles. The predicted octanol–water partition coefficient (Wildman–Crippen LogP) is 3.79. The molecule has 3 rings (SSSR count). The summed E-state index contributed by atoms with van der Waals surface area (Å²) in [6.07, 6.45) is -0.527. The minimum atomic E-state index is -2.59. The van der Waals surface area contributed by atoms with E-state index >= 15 is 0 Å². The lowest BCUT2D eigenvalue weighted by Gasteiger charge is -2.15. The lowest BCUT2D eigenvalue weighted by Crippen LogP contribution is -2.39. The third kappa shape index (κ3) is 4.01. The Bertz CT molecular complexity index is 783. The molecule has 26 heavy (non-hydrogen) atoms. The first-order valence-electron chi connectivity index (χ1n) is 8.18. The first kappa shape index (κ1) is 18.3. The number of hydrogen-bond acceptors (Lipinski definition) is 3. The lowest BCUT2D eigenvalue weighted by atomic mass is 10.0. The Hall–Kier alpha value is -2.48. The van der Waals surface area contributed by atoms with E-state index in [1.165, 1.54) is 30.3 Å². The summed E-state index contributed by atoms with van der Waals surface area (Å²) >= 11 is 0. The molecule has 1 aromatic carbocycles. The molecule has 1 aliphatic heterocycles. The van der Waals surface area contributed by atoms with Crippen molar-refractivity contribution in [1.29, 1.82) is 0 Å². The Labute approximate surface area is 147 Å². The Morgan fingerprint density at radius 2 is 2.04 bits per heavy atom. The maximum absolute atomic E-state index is 14.1. The van der Waals surface area contributed by atoms with Crippen LogP contribution in [-0.4, -0.2) is 28.6 Å². The maximum atomic E-state index is 14.1. The van der Waals surface area contributed by atoms with Gasteiger partial charge in [-0.3, -0.25) is 9.78 Å². The second-order valence-electron chi connectivity index (χ2n) is 6.08. The number of hydrogen-bond donors (Lipinski definition) is 1. The van der Waals surface area contributed by atoms with E-state index < -0.39 is 24.2 Å². The number of nitrogens with one attached hydrogen (secondary N) is 1. The molecule has 8 heteroatoms. The van der Waals surface area contributed by atoms with Crippen LogP contribution in [-0.2, 0) is 11.3 Å². The van der Waals surface area contributed by atoms with E-state index in [2.05, 4.69) is 10.3 Å². The molecule has 0 aliphatic carbocycles. The van der Waals surface area contributed by atoms with Gasteiger partial charge in [0.25, 0.3) is 6.43 Å². The topological polar surface area (TPSA) is 45.2 Å². The number of pyridine rings is 1. The maximum Gasteiger partial charge on any atom is 0.263 e. The molecule has 1 aliphatic rings. The number of aromatic nitrogens is 1. The van der Waals surface area contributed by atoms with Crippen molar-refractivity contribution >= 4 is 5.91 Å². The van der Waals surface area contributed by atoms with Gasteiger partial charge in [0.15, 0.2) is 0 Å². The van der Waals surface area contributed by atoms with E-state index in [9.17, 15) is 22.4 Å². The highest BCUT2D eigenvalue weighted by atomic mass is 19.3. The summed E-state index contributed by atoms with van der Waals surface area (Å²) in [6.45, 7) is 0.247. The van der Waals surface area contributed by atoms with Gasteiger partial charge in [-0.05, 0) is 24.5 Å². The summed E-state index contributed by atoms with van der Waals surface area (Å²) in [7, 11) is 0. The molecule has 1 aromatic heterocycles. The second kappa shape index (κ2) is 7.82. The van der Waals surface area contributed by atoms with Crippen molar-refractivity contribution in [2.24, 2.45) is 0 Å². The largest absolute Gasteiger partial charge is 0.349 e. The van der Waals surface area contributed by atoms with Gasteiger partial charge in [-0.1, -0.05) is 24.3 Å². The molecule has 2 aromatic rings. The number of nitrogens with zero attached hydrogens (tertiary/aromatic N) is 2. The van der Waals surface area contributed by atoms with Crippen molar-refractivity contribution in [3.8, 4) is 11.1 Å². The molecule has 2 heterocycles. The molecule has 0 bridgehead atoms. The van der Waals surface area contributed by atoms with Crippen LogP contribution in [0.1, 0.15) is 30.5 Å². The van der Waals surface area contributed by atoms with Gasteiger partial charge in [-0.2, -0.15) is 0 Å². The smallest absolute Gasteiger partial charge is 0.263 e. The van der Waals surface area contributed by atoms with Crippen molar-refractivity contribution in [3.05, 3.63) is 53.6 Å². The van der Waals surface area contributed by atoms with E-state index in [0.717, 1.165) is 6.20 Å².